The molecule has 0 saturated carbocycles. The van der Waals surface area contributed by atoms with E-state index in [4.69, 9.17) is 60.4 Å². The number of hydrogen-bond donors (Lipinski definition) is 7. The number of aromatic amines is 4. The molecule has 0 aromatic carbocycles. The zero-order chi connectivity index (χ0) is 77.1. The van der Waals surface area contributed by atoms with Crippen LogP contribution in [0.25, 0.3) is 72.5 Å². The number of aromatic nitrogens is 8. The van der Waals surface area contributed by atoms with Crippen molar-refractivity contribution in [1.29, 1.82) is 0 Å². The molecule has 0 amide bonds. The predicted octanol–water partition coefficient (Wildman–Crippen LogP) is 15.1. The van der Waals surface area contributed by atoms with Crippen molar-refractivity contribution in [2.24, 2.45) is 11.8 Å². The Morgan fingerprint density at radius 1 is 0.509 bits per heavy atom. The number of H-pyrrole nitrogens is 4. The number of unbranched alkanes of at least 4 members (excludes halogenated alkanes) is 2. The number of hydrogen-bond acceptors (Lipinski definition) is 18. The Morgan fingerprint density at radius 2 is 0.906 bits per heavy atom. The van der Waals surface area contributed by atoms with Gasteiger partial charge < -0.3 is 48.9 Å². The highest BCUT2D eigenvalue weighted by molar-refractivity contribution is 5.97. The number of carboxylic acid groups (broad SMARTS) is 1. The molecule has 106 heavy (non-hydrogen) atoms. The second-order valence-electron chi connectivity index (χ2n) is 28.6. The van der Waals surface area contributed by atoms with E-state index in [1.54, 1.807) is 0 Å². The fourth-order valence-corrected chi connectivity index (χ4v) is 15.9. The van der Waals surface area contributed by atoms with E-state index in [2.05, 4.69) is 130 Å². The van der Waals surface area contributed by atoms with E-state index in [1.165, 1.54) is 45.1 Å². The topological polar surface area (TPSA) is 331 Å². The number of carboxylic acids is 1. The number of nitrogens with zero attached hydrogens (tertiary/aromatic N) is 5. The van der Waals surface area contributed by atoms with Crippen LogP contribution >= 0.6 is 0 Å². The summed E-state index contributed by atoms with van der Waals surface area (Å²) in [4.78, 5) is 112. The highest BCUT2D eigenvalue weighted by Crippen LogP contribution is 2.48. The quantitative estimate of drug-likeness (QED) is 0.0104. The van der Waals surface area contributed by atoms with Gasteiger partial charge in [0.2, 0.25) is 0 Å². The molecule has 9 N–H and O–H groups in total. The summed E-state index contributed by atoms with van der Waals surface area (Å²) in [6.07, 6.45) is 8.37. The molecule has 568 valence electrons. The molecular formula is C83H109N11O12. The maximum Gasteiger partial charge on any atom is 0.310 e. The lowest BCUT2D eigenvalue weighted by molar-refractivity contribution is -0.141. The zero-order valence-corrected chi connectivity index (χ0v) is 65.1. The molecule has 0 fully saturated rings. The molecule has 4 aliphatic heterocycles. The Kier molecular flexibility index (Phi) is 27.3. The van der Waals surface area contributed by atoms with E-state index in [9.17, 15) is 29.1 Å². The van der Waals surface area contributed by atoms with Crippen molar-refractivity contribution >= 4 is 102 Å². The number of ether oxygens (including phenoxy) is 4. The average molecular weight is 1450 g/mol. The first-order valence-corrected chi connectivity index (χ1v) is 37.1. The van der Waals surface area contributed by atoms with E-state index >= 15 is 0 Å². The van der Waals surface area contributed by atoms with Crippen LogP contribution in [0.3, 0.4) is 0 Å². The summed E-state index contributed by atoms with van der Waals surface area (Å²) in [6, 6.07) is 12.6. The van der Waals surface area contributed by atoms with Crippen LogP contribution in [0, 0.1) is 27.7 Å². The molecule has 2 unspecified atom stereocenters. The van der Waals surface area contributed by atoms with Crippen molar-refractivity contribution in [2.45, 2.75) is 215 Å². The molecule has 16 bridgehead atoms. The van der Waals surface area contributed by atoms with Crippen LogP contribution < -0.4 is 11.8 Å². The van der Waals surface area contributed by atoms with Crippen molar-refractivity contribution in [2.75, 3.05) is 49.1 Å². The molecule has 6 aromatic rings. The number of rotatable bonds is 28. The lowest BCUT2D eigenvalue weighted by Gasteiger charge is -2.22. The molecule has 4 aliphatic rings. The van der Waals surface area contributed by atoms with Crippen LogP contribution in [0.5, 0.6) is 0 Å². The summed E-state index contributed by atoms with van der Waals surface area (Å²) < 4.78 is 20.4. The van der Waals surface area contributed by atoms with Gasteiger partial charge in [0, 0.05) is 126 Å². The maximum absolute atomic E-state index is 13.3. The van der Waals surface area contributed by atoms with Gasteiger partial charge in [-0.15, -0.1) is 0 Å². The fourth-order valence-electron chi connectivity index (χ4n) is 15.9. The van der Waals surface area contributed by atoms with Gasteiger partial charge in [0.15, 0.2) is 0 Å². The molecule has 6 aromatic heterocycles. The van der Waals surface area contributed by atoms with Crippen LogP contribution in [0.2, 0.25) is 0 Å². The molecule has 0 radical (unpaired) electrons. The Hall–Kier alpha value is -9.39. The number of carbonyl (C=O) groups excluding carboxylic acids is 4. The zero-order valence-electron chi connectivity index (χ0n) is 65.1. The molecule has 23 heteroatoms. The van der Waals surface area contributed by atoms with E-state index < -0.39 is 30.1 Å². The number of nitrogens with one attached hydrogen (secondary N) is 4. The average Bonchev–Trinajstić information content (AvgIpc) is 1.60. The van der Waals surface area contributed by atoms with Crippen LogP contribution in [-0.4, -0.2) is 141 Å². The minimum Gasteiger partial charge on any atom is -0.481 e. The molecule has 10 rings (SSSR count). The summed E-state index contributed by atoms with van der Waals surface area (Å²) in [6.45, 7) is 28.1. The van der Waals surface area contributed by atoms with E-state index in [-0.39, 0.29) is 61.3 Å². The molecule has 6 atom stereocenters. The van der Waals surface area contributed by atoms with Gasteiger partial charge in [0.1, 0.15) is 12.2 Å². The highest BCUT2D eigenvalue weighted by Gasteiger charge is 2.39. The predicted molar refractivity (Wildman–Crippen MR) is 417 cm³/mol. The van der Waals surface area contributed by atoms with Crippen LogP contribution in [0.4, 0.5) is 0 Å². The van der Waals surface area contributed by atoms with Gasteiger partial charge in [-0.3, -0.25) is 43.6 Å². The summed E-state index contributed by atoms with van der Waals surface area (Å²) >= 11 is 0. The van der Waals surface area contributed by atoms with Crippen molar-refractivity contribution in [1.82, 2.24) is 44.8 Å². The number of carbonyl (C=O) groups is 5. The lowest BCUT2D eigenvalue weighted by atomic mass is 9.84. The molecule has 0 saturated heterocycles. The third-order valence-electron chi connectivity index (χ3n) is 22.1. The molecule has 0 spiro atoms. The third-order valence-corrected chi connectivity index (χ3v) is 22.1. The van der Waals surface area contributed by atoms with E-state index in [0.29, 0.717) is 84.5 Å². The smallest absolute Gasteiger partial charge is 0.310 e. The van der Waals surface area contributed by atoms with E-state index in [0.717, 1.165) is 150 Å². The normalized spacial score (nSPS) is 16.2. The van der Waals surface area contributed by atoms with Gasteiger partial charge in [-0.25, -0.2) is 21.8 Å². The Balaban J connectivity index is 0.000000245. The second kappa shape index (κ2) is 35.8. The first-order chi connectivity index (χ1) is 50.7. The number of nitrogens with two attached hydrogens (primary N) is 2. The van der Waals surface area contributed by atoms with Crippen molar-refractivity contribution in [3.8, 4) is 0 Å². The third kappa shape index (κ3) is 17.3. The number of methoxy groups -OCH3 is 4. The van der Waals surface area contributed by atoms with Gasteiger partial charge in [0.25, 0.3) is 0 Å². The van der Waals surface area contributed by atoms with Gasteiger partial charge in [-0.05, 0) is 206 Å². The first-order valence-electron chi connectivity index (χ1n) is 37.1. The minimum absolute atomic E-state index is 0.0685. The highest BCUT2D eigenvalue weighted by atomic mass is 16.6. The Bertz CT molecular complexity index is 4760. The van der Waals surface area contributed by atoms with Crippen LogP contribution in [-0.2, 0) is 84.7 Å². The Labute approximate surface area is 621 Å². The van der Waals surface area contributed by atoms with Gasteiger partial charge in [0.05, 0.1) is 75.4 Å². The SMILES string of the molecule is C=Cc1c(C)c2cc3nc(c(CC(=O)OC)c4nc(cc5[nH]c(cc1[nH]2)c(C)c5CC)C(C)=C4C(CCCN(C)C)ON)[C@@H](CCC(=O)OC)[C@@H]3C.CCc1c(C)c2cc3[nH]c(cc4nc(c(CC(=O)OC)c5nc(cc1[nH]2)C(C)=C5C(CCCCCC(=O)OC)ON)[C@@H](CCC(=O)O)[C@@H]4C)c(C)c3CC. The summed E-state index contributed by atoms with van der Waals surface area (Å²) in [5, 5.41) is 9.81. The van der Waals surface area contributed by atoms with Crippen molar-refractivity contribution < 1.29 is 57.7 Å². The summed E-state index contributed by atoms with van der Waals surface area (Å²) in [5.41, 5.74) is 26.8. The molecule has 0 aliphatic carbocycles. The maximum atomic E-state index is 13.3. The van der Waals surface area contributed by atoms with Gasteiger partial charge in [-0.2, -0.15) is 0 Å². The van der Waals surface area contributed by atoms with Gasteiger partial charge in [-0.1, -0.05) is 60.1 Å². The lowest BCUT2D eigenvalue weighted by Crippen LogP contribution is -2.23. The number of aliphatic carboxylic acids is 1. The fraction of sp³-hybridized carbons (Fsp3) is 0.482. The largest absolute Gasteiger partial charge is 0.481 e. The van der Waals surface area contributed by atoms with Crippen LogP contribution in [0.1, 0.15) is 244 Å². The summed E-state index contributed by atoms with van der Waals surface area (Å²) in [7, 11) is 9.57. The van der Waals surface area contributed by atoms with E-state index in [1.807, 2.05) is 34.0 Å². The molecular weight excluding hydrogens is 1340 g/mol. The first kappa shape index (κ1) is 80.7. The molecule has 23 nitrogen and oxygen atoms in total. The van der Waals surface area contributed by atoms with Crippen molar-refractivity contribution in [3.05, 3.63) is 144 Å². The number of esters is 4. The van der Waals surface area contributed by atoms with Gasteiger partial charge >= 0.3 is 29.8 Å². The van der Waals surface area contributed by atoms with Crippen LogP contribution in [0.15, 0.2) is 43.0 Å². The number of fused-ring (bicyclic) bond motifs is 16. The number of allylic oxidation sites excluding steroid dienone is 2. The molecule has 10 heterocycles. The number of aryl methyl sites for hydroxylation is 7. The minimum atomic E-state index is -0.907. The van der Waals surface area contributed by atoms with Crippen molar-refractivity contribution in [3.63, 3.8) is 0 Å². The monoisotopic (exact) mass is 1450 g/mol. The standard InChI is InChI=1S/C42H55N5O7.C41H54N6O5/c1-9-26-22(3)30-19-32-24(5)28(16-17-37(48)49)41(46-32)29(18-39(51)53-8)42-40(36(54-43)14-12-11-13-15-38(50)52-7)25(6)33(47-42)21-35-27(10-2)23(4)31(45-35)20-34(26)44-30;1-11-26-22(3)30-19-32-24(5)28(15-16-37(48)50-9)40(45-32)29(18-38(49)51-10)41-39(36(52-42)14-13-17-47(7)8)25(6)33(46-41)21-35-27(12-2)23(4)31(44-35)20-34(26)43-30/h19-21,24,28,36,44-45H,9-18,43H2,1-8H3,(H,48,49);11,19-21,24,28,36,43-44H,1,12-18,42H2,2-10H3/t2*24-,28-,36?/m00/s1. The second-order valence-corrected chi connectivity index (χ2v) is 28.6. The summed E-state index contributed by atoms with van der Waals surface area (Å²) in [5.74, 6) is 9.02. The Morgan fingerprint density at radius 3 is 1.32 bits per heavy atom.